The molecular formula is C33H36N6O6S3. The summed E-state index contributed by atoms with van der Waals surface area (Å²) in [6.07, 6.45) is 11.8. The van der Waals surface area contributed by atoms with Gasteiger partial charge in [-0.3, -0.25) is 19.7 Å². The number of nitrogens with two attached hydrogens (primary N) is 2. The molecule has 15 heteroatoms. The molecule has 2 unspecified atom stereocenters. The van der Waals surface area contributed by atoms with E-state index in [1.54, 1.807) is 35.8 Å². The largest absolute Gasteiger partial charge is 0.480 e. The highest BCUT2D eigenvalue weighted by atomic mass is 32.2. The van der Waals surface area contributed by atoms with Gasteiger partial charge in [0.05, 0.1) is 4.92 Å². The van der Waals surface area contributed by atoms with Crippen LogP contribution in [0, 0.1) is 10.1 Å². The minimum atomic E-state index is -1.10. The summed E-state index contributed by atoms with van der Waals surface area (Å²) in [6, 6.07) is 15.6. The highest BCUT2D eigenvalue weighted by molar-refractivity contribution is 7.99. The Morgan fingerprint density at radius 1 is 0.750 bits per heavy atom. The van der Waals surface area contributed by atoms with Crippen LogP contribution in [0.3, 0.4) is 0 Å². The van der Waals surface area contributed by atoms with Crippen LogP contribution in [-0.4, -0.2) is 72.9 Å². The molecule has 0 spiro atoms. The van der Waals surface area contributed by atoms with E-state index in [0.29, 0.717) is 22.9 Å². The number of carbonyl (C=O) groups is 2. The maximum absolute atomic E-state index is 11.0. The molecule has 3 aromatic heterocycles. The van der Waals surface area contributed by atoms with Crippen LogP contribution in [0.2, 0.25) is 0 Å². The number of nitro groups is 1. The molecule has 252 valence electrons. The Labute approximate surface area is 288 Å². The van der Waals surface area contributed by atoms with Crippen molar-refractivity contribution in [2.24, 2.45) is 11.5 Å². The minimum absolute atomic E-state index is 0.0343. The third-order valence-electron chi connectivity index (χ3n) is 7.53. The van der Waals surface area contributed by atoms with Gasteiger partial charge in [-0.15, -0.1) is 35.3 Å². The van der Waals surface area contributed by atoms with Gasteiger partial charge in [-0.1, -0.05) is 12.1 Å². The van der Waals surface area contributed by atoms with Crippen molar-refractivity contribution in [1.29, 1.82) is 0 Å². The number of benzene rings is 3. The fourth-order valence-electron chi connectivity index (χ4n) is 5.19. The second-order valence-corrected chi connectivity index (χ2v) is 13.0. The monoisotopic (exact) mass is 708 g/mol. The van der Waals surface area contributed by atoms with Crippen molar-refractivity contribution in [1.82, 2.24) is 15.0 Å². The quantitative estimate of drug-likeness (QED) is 0.0464. The summed E-state index contributed by atoms with van der Waals surface area (Å²) in [4.78, 5) is 44.7. The number of thioether (sulfide) groups is 3. The molecule has 3 heterocycles. The van der Waals surface area contributed by atoms with Gasteiger partial charge in [0.25, 0.3) is 5.69 Å². The number of rotatable bonds is 10. The Morgan fingerprint density at radius 3 is 1.88 bits per heavy atom. The summed E-state index contributed by atoms with van der Waals surface area (Å²) in [7, 11) is 0. The fraction of sp³-hybridized carbons (Fsp3) is 0.212. The van der Waals surface area contributed by atoms with Crippen molar-refractivity contribution < 1.29 is 24.7 Å². The van der Waals surface area contributed by atoms with E-state index >= 15 is 0 Å². The first-order chi connectivity index (χ1) is 23.0. The lowest BCUT2D eigenvalue weighted by atomic mass is 10.1. The van der Waals surface area contributed by atoms with Gasteiger partial charge in [0.15, 0.2) is 0 Å². The Hall–Kier alpha value is -4.41. The zero-order chi connectivity index (χ0) is 35.0. The molecule has 3 aromatic carbocycles. The van der Waals surface area contributed by atoms with Gasteiger partial charge in [-0.2, -0.15) is 0 Å². The highest BCUT2D eigenvalue weighted by Gasteiger charge is 2.21. The molecule has 0 aliphatic carbocycles. The van der Waals surface area contributed by atoms with Crippen molar-refractivity contribution in [3.05, 3.63) is 94.4 Å². The Balaban J connectivity index is 0.000000169. The number of nitro benzene ring substituents is 1. The number of H-pyrrole nitrogens is 3. The Kier molecular flexibility index (Phi) is 12.6. The SMILES string of the molecule is CSc1ccc([N+](=O)[O-])c2[nH]cc(CC(N)C(=O)O)c12.CSc1cccc2[nH]cc(CC(N)C(=O)O)c12.CSc1cccc2[nH]ccc12. The predicted molar refractivity (Wildman–Crippen MR) is 196 cm³/mol. The molecule has 48 heavy (non-hydrogen) atoms. The zero-order valence-electron chi connectivity index (χ0n) is 26.4. The maximum atomic E-state index is 11.0. The summed E-state index contributed by atoms with van der Waals surface area (Å²) >= 11 is 4.87. The first kappa shape index (κ1) is 36.4. The molecule has 0 radical (unpaired) electrons. The van der Waals surface area contributed by atoms with Gasteiger partial charge < -0.3 is 36.6 Å². The summed E-state index contributed by atoms with van der Waals surface area (Å²) in [6.45, 7) is 0. The number of hydrogen-bond acceptors (Lipinski definition) is 9. The molecule has 6 aromatic rings. The van der Waals surface area contributed by atoms with E-state index < -0.39 is 28.9 Å². The van der Waals surface area contributed by atoms with Crippen LogP contribution < -0.4 is 11.5 Å². The molecule has 0 amide bonds. The van der Waals surface area contributed by atoms with E-state index in [2.05, 4.69) is 45.5 Å². The number of hydrogen-bond donors (Lipinski definition) is 7. The molecule has 0 fully saturated rings. The lowest BCUT2D eigenvalue weighted by Gasteiger charge is -2.07. The molecule has 0 saturated heterocycles. The fourth-order valence-corrected chi connectivity index (χ4v) is 7.10. The second-order valence-electron chi connectivity index (χ2n) is 10.5. The van der Waals surface area contributed by atoms with E-state index in [-0.39, 0.29) is 12.1 Å². The van der Waals surface area contributed by atoms with Crippen LogP contribution in [0.5, 0.6) is 0 Å². The maximum Gasteiger partial charge on any atom is 0.320 e. The number of carboxylic acid groups (broad SMARTS) is 2. The van der Waals surface area contributed by atoms with Crippen LogP contribution in [0.15, 0.2) is 87.9 Å². The summed E-state index contributed by atoms with van der Waals surface area (Å²) in [5.41, 5.74) is 15.3. The molecule has 0 aliphatic rings. The van der Waals surface area contributed by atoms with Crippen LogP contribution in [0.1, 0.15) is 11.1 Å². The smallest absolute Gasteiger partial charge is 0.320 e. The van der Waals surface area contributed by atoms with Crippen molar-refractivity contribution >= 4 is 85.6 Å². The zero-order valence-corrected chi connectivity index (χ0v) is 28.8. The van der Waals surface area contributed by atoms with Crippen molar-refractivity contribution in [2.45, 2.75) is 39.6 Å². The van der Waals surface area contributed by atoms with Gasteiger partial charge in [0.1, 0.15) is 17.6 Å². The number of aromatic nitrogens is 3. The number of aromatic amines is 3. The molecular weight excluding hydrogens is 673 g/mol. The standard InChI is InChI=1S/C12H13N3O4S.C12H14N2O2S.C9H9NS/c1-20-9-3-2-8(15(18)19)11-10(9)6(5-14-11)4-7(13)12(16)17;1-17-10-4-2-3-9-11(10)7(6-14-9)5-8(13)12(15)16;1-11-9-4-2-3-8-7(9)5-6-10-8/h2-3,5,7,14H,4,13H2,1H3,(H,16,17);2-4,6,8,14H,5,13H2,1H3,(H,15,16);2-6,10H,1H3. The van der Waals surface area contributed by atoms with Crippen LogP contribution in [0.4, 0.5) is 5.69 Å². The lowest BCUT2D eigenvalue weighted by molar-refractivity contribution is -0.383. The number of nitrogens with zero attached hydrogens (tertiary/aromatic N) is 1. The summed E-state index contributed by atoms with van der Waals surface area (Å²) in [5.74, 6) is -2.07. The van der Waals surface area contributed by atoms with Gasteiger partial charge in [0.2, 0.25) is 0 Å². The van der Waals surface area contributed by atoms with Crippen LogP contribution in [0.25, 0.3) is 32.7 Å². The van der Waals surface area contributed by atoms with Crippen LogP contribution in [-0.2, 0) is 22.4 Å². The first-order valence-electron chi connectivity index (χ1n) is 14.5. The van der Waals surface area contributed by atoms with Gasteiger partial charge >= 0.3 is 11.9 Å². The summed E-state index contributed by atoms with van der Waals surface area (Å²) in [5, 5.41) is 31.8. The number of nitrogens with one attached hydrogen (secondary N) is 3. The lowest BCUT2D eigenvalue weighted by Crippen LogP contribution is -2.32. The molecule has 12 nitrogen and oxygen atoms in total. The molecule has 0 aliphatic heterocycles. The number of aliphatic carboxylic acids is 2. The van der Waals surface area contributed by atoms with Crippen LogP contribution >= 0.6 is 35.3 Å². The van der Waals surface area contributed by atoms with Crippen molar-refractivity contribution in [3.8, 4) is 0 Å². The molecule has 0 bridgehead atoms. The van der Waals surface area contributed by atoms with Gasteiger partial charge in [-0.05, 0) is 66.3 Å². The van der Waals surface area contributed by atoms with Crippen molar-refractivity contribution in [2.75, 3.05) is 18.8 Å². The molecule has 9 N–H and O–H groups in total. The molecule has 0 saturated carbocycles. The topological polar surface area (TPSA) is 217 Å². The van der Waals surface area contributed by atoms with E-state index in [4.69, 9.17) is 21.7 Å². The number of non-ortho nitro benzene ring substituents is 1. The van der Waals surface area contributed by atoms with E-state index in [0.717, 1.165) is 26.3 Å². The predicted octanol–water partition coefficient (Wildman–Crippen LogP) is 6.49. The van der Waals surface area contributed by atoms with Crippen molar-refractivity contribution in [3.63, 3.8) is 0 Å². The minimum Gasteiger partial charge on any atom is -0.480 e. The molecule has 6 rings (SSSR count). The normalized spacial score (nSPS) is 12.2. The average Bonchev–Trinajstić information content (AvgIpc) is 3.84. The average molecular weight is 709 g/mol. The third kappa shape index (κ3) is 8.35. The first-order valence-corrected chi connectivity index (χ1v) is 18.2. The highest BCUT2D eigenvalue weighted by Crippen LogP contribution is 2.35. The Morgan fingerprint density at radius 2 is 1.29 bits per heavy atom. The van der Waals surface area contributed by atoms with Gasteiger partial charge in [0, 0.05) is 79.4 Å². The summed E-state index contributed by atoms with van der Waals surface area (Å²) < 4.78 is 0. The van der Waals surface area contributed by atoms with E-state index in [1.165, 1.54) is 33.6 Å². The van der Waals surface area contributed by atoms with Gasteiger partial charge in [-0.25, -0.2) is 0 Å². The van der Waals surface area contributed by atoms with E-state index in [1.807, 2.05) is 43.1 Å². The Bertz CT molecular complexity index is 2060. The number of carboxylic acids is 2. The second kappa shape index (κ2) is 16.6. The van der Waals surface area contributed by atoms with E-state index in [9.17, 15) is 19.7 Å². The number of fused-ring (bicyclic) bond motifs is 3. The molecule has 2 atom stereocenters. The third-order valence-corrected chi connectivity index (χ3v) is 9.89.